The number of anilines is 1. The molecule has 0 saturated carbocycles. The van der Waals surface area contributed by atoms with Crippen molar-refractivity contribution in [3.8, 4) is 6.07 Å². The van der Waals surface area contributed by atoms with Crippen molar-refractivity contribution >= 4 is 17.6 Å². The summed E-state index contributed by atoms with van der Waals surface area (Å²) in [7, 11) is 0. The zero-order valence-corrected chi connectivity index (χ0v) is 15.6. The maximum atomic E-state index is 14.8. The minimum Gasteiger partial charge on any atom is -0.459 e. The predicted octanol–water partition coefficient (Wildman–Crippen LogP) is 1.92. The number of nitriles is 1. The molecule has 1 fully saturated rings. The predicted molar refractivity (Wildman–Crippen MR) is 101 cm³/mol. The number of hydrogen-bond acceptors (Lipinski definition) is 7. The molecular weight excluding hydrogens is 377 g/mol. The Morgan fingerprint density at radius 2 is 2.21 bits per heavy atom. The summed E-state index contributed by atoms with van der Waals surface area (Å²) in [6, 6.07) is 9.13. The van der Waals surface area contributed by atoms with Crippen molar-refractivity contribution in [2.24, 2.45) is 16.6 Å². The molecule has 0 bridgehead atoms. The van der Waals surface area contributed by atoms with Crippen LogP contribution in [0.3, 0.4) is 0 Å². The van der Waals surface area contributed by atoms with Crippen molar-refractivity contribution in [2.45, 2.75) is 18.6 Å². The first-order valence-corrected chi connectivity index (χ1v) is 8.98. The molecule has 3 N–H and O–H groups in total. The second-order valence-electron chi connectivity index (χ2n) is 7.09. The molecule has 3 heterocycles. The lowest BCUT2D eigenvalue weighted by Gasteiger charge is -2.38. The molecule has 148 valence electrons. The van der Waals surface area contributed by atoms with Gasteiger partial charge in [-0.3, -0.25) is 4.79 Å². The normalized spacial score (nSPS) is 25.3. The maximum Gasteiger partial charge on any atom is 0.283 e. The quantitative estimate of drug-likeness (QED) is 0.819. The number of amides is 1. The fourth-order valence-corrected chi connectivity index (χ4v) is 3.71. The Morgan fingerprint density at radius 1 is 1.38 bits per heavy atom. The topological polar surface area (TPSA) is 123 Å². The van der Waals surface area contributed by atoms with Gasteiger partial charge in [-0.2, -0.15) is 5.26 Å². The summed E-state index contributed by atoms with van der Waals surface area (Å²) >= 11 is 0. The molecule has 4 rings (SSSR count). The number of nitrogens with two attached hydrogens (primary N) is 1. The number of ether oxygens (including phenoxy) is 2. The van der Waals surface area contributed by atoms with Gasteiger partial charge in [-0.1, -0.05) is 0 Å². The van der Waals surface area contributed by atoms with E-state index < -0.39 is 17.3 Å². The average Bonchev–Trinajstić information content (AvgIpc) is 3.18. The van der Waals surface area contributed by atoms with Gasteiger partial charge in [0, 0.05) is 17.4 Å². The Labute approximate surface area is 166 Å². The highest BCUT2D eigenvalue weighted by atomic mass is 19.1. The van der Waals surface area contributed by atoms with Crippen molar-refractivity contribution in [1.29, 1.82) is 5.26 Å². The van der Waals surface area contributed by atoms with E-state index in [0.717, 1.165) is 0 Å². The van der Waals surface area contributed by atoms with E-state index in [0.29, 0.717) is 24.5 Å². The van der Waals surface area contributed by atoms with Crippen molar-refractivity contribution < 1.29 is 18.7 Å². The number of fused-ring (bicyclic) bond motifs is 1. The minimum atomic E-state index is -0.999. The van der Waals surface area contributed by atoms with Crippen LogP contribution in [0, 0.1) is 23.1 Å². The van der Waals surface area contributed by atoms with Crippen LogP contribution in [-0.2, 0) is 15.0 Å². The molecule has 2 aliphatic rings. The van der Waals surface area contributed by atoms with Gasteiger partial charge in [0.1, 0.15) is 23.7 Å². The van der Waals surface area contributed by atoms with Gasteiger partial charge < -0.3 is 20.5 Å². The Bertz CT molecular complexity index is 1030. The van der Waals surface area contributed by atoms with Gasteiger partial charge >= 0.3 is 0 Å². The Balaban J connectivity index is 1.65. The standard InChI is InChI=1S/C20H18FN5O3/c1-20(14-9-28-10-17(14)29-19(23)26-20)13-6-12(3-4-15(13)21)25-18(27)16-5-2-11(7-22)8-24-16/h2-6,8,14,17H,9-10H2,1H3,(H2,23,26)(H,25,27)/t14?,17?,20-/m1/s1. The zero-order valence-electron chi connectivity index (χ0n) is 15.6. The summed E-state index contributed by atoms with van der Waals surface area (Å²) in [5, 5.41) is 11.5. The van der Waals surface area contributed by atoms with Gasteiger partial charge in [-0.15, -0.1) is 0 Å². The molecule has 0 radical (unpaired) electrons. The zero-order chi connectivity index (χ0) is 20.6. The van der Waals surface area contributed by atoms with Crippen LogP contribution >= 0.6 is 0 Å². The number of pyridine rings is 1. The van der Waals surface area contributed by atoms with E-state index in [-0.39, 0.29) is 29.3 Å². The molecule has 1 aromatic carbocycles. The summed E-state index contributed by atoms with van der Waals surface area (Å²) < 4.78 is 25.8. The third kappa shape index (κ3) is 3.39. The summed E-state index contributed by atoms with van der Waals surface area (Å²) in [5.74, 6) is -1.16. The number of aromatic nitrogens is 1. The highest BCUT2D eigenvalue weighted by molar-refractivity contribution is 6.02. The van der Waals surface area contributed by atoms with Crippen LogP contribution in [0.25, 0.3) is 0 Å². The van der Waals surface area contributed by atoms with E-state index in [9.17, 15) is 9.18 Å². The molecule has 8 nitrogen and oxygen atoms in total. The number of rotatable bonds is 3. The van der Waals surface area contributed by atoms with Crippen molar-refractivity contribution in [3.63, 3.8) is 0 Å². The summed E-state index contributed by atoms with van der Waals surface area (Å²) in [4.78, 5) is 20.8. The first-order chi connectivity index (χ1) is 13.9. The first kappa shape index (κ1) is 18.8. The highest BCUT2D eigenvalue weighted by Gasteiger charge is 2.50. The average molecular weight is 395 g/mol. The lowest BCUT2D eigenvalue weighted by atomic mass is 9.77. The van der Waals surface area contributed by atoms with Gasteiger partial charge in [0.05, 0.1) is 30.2 Å². The van der Waals surface area contributed by atoms with E-state index in [1.54, 1.807) is 6.92 Å². The Kier molecular flexibility index (Phi) is 4.64. The minimum absolute atomic E-state index is 0.0186. The molecule has 1 aromatic heterocycles. The van der Waals surface area contributed by atoms with Crippen LogP contribution in [0.2, 0.25) is 0 Å². The van der Waals surface area contributed by atoms with Crippen LogP contribution in [-0.4, -0.2) is 36.2 Å². The molecule has 2 aliphatic heterocycles. The third-order valence-electron chi connectivity index (χ3n) is 5.26. The molecule has 1 amide bonds. The van der Waals surface area contributed by atoms with Crippen LogP contribution in [0.15, 0.2) is 41.5 Å². The number of amidine groups is 1. The smallest absolute Gasteiger partial charge is 0.283 e. The number of carbonyl (C=O) groups is 1. The summed E-state index contributed by atoms with van der Waals surface area (Å²) in [6.45, 7) is 2.50. The van der Waals surface area contributed by atoms with E-state index >= 15 is 0 Å². The van der Waals surface area contributed by atoms with Crippen molar-refractivity contribution in [2.75, 3.05) is 18.5 Å². The van der Waals surface area contributed by atoms with Crippen molar-refractivity contribution in [3.05, 3.63) is 59.2 Å². The lowest BCUT2D eigenvalue weighted by molar-refractivity contribution is 0.0817. The number of benzene rings is 1. The van der Waals surface area contributed by atoms with E-state index in [1.165, 1.54) is 36.5 Å². The molecular formula is C20H18FN5O3. The largest absolute Gasteiger partial charge is 0.459 e. The number of nitrogens with one attached hydrogen (secondary N) is 1. The Morgan fingerprint density at radius 3 is 2.93 bits per heavy atom. The number of aliphatic imine (C=N–C) groups is 1. The molecule has 29 heavy (non-hydrogen) atoms. The Hall–Kier alpha value is -3.51. The molecule has 2 unspecified atom stereocenters. The second-order valence-corrected chi connectivity index (χ2v) is 7.09. The second kappa shape index (κ2) is 7.14. The summed E-state index contributed by atoms with van der Waals surface area (Å²) in [6.07, 6.45) is 1.00. The fraction of sp³-hybridized carbons (Fsp3) is 0.300. The van der Waals surface area contributed by atoms with Crippen LogP contribution in [0.4, 0.5) is 10.1 Å². The fourth-order valence-electron chi connectivity index (χ4n) is 3.71. The molecule has 9 heteroatoms. The van der Waals surface area contributed by atoms with Crippen LogP contribution in [0.1, 0.15) is 28.5 Å². The van der Waals surface area contributed by atoms with Gasteiger partial charge in [0.25, 0.3) is 11.9 Å². The van der Waals surface area contributed by atoms with Gasteiger partial charge in [0.2, 0.25) is 0 Å². The molecule has 0 aliphatic carbocycles. The van der Waals surface area contributed by atoms with E-state index in [4.69, 9.17) is 20.5 Å². The van der Waals surface area contributed by atoms with E-state index in [2.05, 4.69) is 15.3 Å². The van der Waals surface area contributed by atoms with Crippen LogP contribution < -0.4 is 11.1 Å². The monoisotopic (exact) mass is 395 g/mol. The molecule has 0 spiro atoms. The molecule has 1 saturated heterocycles. The number of carbonyl (C=O) groups excluding carboxylic acids is 1. The van der Waals surface area contributed by atoms with Crippen LogP contribution in [0.5, 0.6) is 0 Å². The molecule has 2 aromatic rings. The van der Waals surface area contributed by atoms with Gasteiger partial charge in [0.15, 0.2) is 0 Å². The third-order valence-corrected chi connectivity index (χ3v) is 5.26. The maximum absolute atomic E-state index is 14.8. The first-order valence-electron chi connectivity index (χ1n) is 8.98. The summed E-state index contributed by atoms with van der Waals surface area (Å²) in [5.41, 5.74) is 5.98. The number of halogens is 1. The van der Waals surface area contributed by atoms with Gasteiger partial charge in [-0.25, -0.2) is 14.4 Å². The van der Waals surface area contributed by atoms with E-state index in [1.807, 2.05) is 6.07 Å². The van der Waals surface area contributed by atoms with Gasteiger partial charge in [-0.05, 0) is 37.3 Å². The highest BCUT2D eigenvalue weighted by Crippen LogP contribution is 2.43. The molecule has 3 atom stereocenters. The SMILES string of the molecule is C[C@]1(c2cc(NC(=O)c3ccc(C#N)cn3)ccc2F)N=C(N)OC2COCC21. The number of hydrogen-bond donors (Lipinski definition) is 2. The lowest BCUT2D eigenvalue weighted by Crippen LogP contribution is -2.47. The van der Waals surface area contributed by atoms with Crippen molar-refractivity contribution in [1.82, 2.24) is 4.98 Å². The number of nitrogens with zero attached hydrogens (tertiary/aromatic N) is 3.